The van der Waals surface area contributed by atoms with E-state index in [-0.39, 0.29) is 5.12 Å². The molecule has 0 radical (unpaired) electrons. The van der Waals surface area contributed by atoms with Crippen molar-refractivity contribution in [1.82, 2.24) is 0 Å². The van der Waals surface area contributed by atoms with Crippen LogP contribution in [-0.2, 0) is 4.79 Å². The zero-order valence-electron chi connectivity index (χ0n) is 8.17. The number of rotatable bonds is 3. The average molecular weight is 261 g/mol. The maximum Gasteiger partial charge on any atom is 0.186 e. The van der Waals surface area contributed by atoms with Crippen molar-refractivity contribution >= 4 is 46.2 Å². The predicted molar refractivity (Wildman–Crippen MR) is 68.6 cm³/mol. The van der Waals surface area contributed by atoms with Crippen molar-refractivity contribution in [3.8, 4) is 0 Å². The maximum atomic E-state index is 10.7. The van der Waals surface area contributed by atoms with Gasteiger partial charge in [-0.25, -0.2) is 0 Å². The first-order chi connectivity index (χ1) is 7.09. The number of hydrogen-bond acceptors (Lipinski definition) is 2. The van der Waals surface area contributed by atoms with Crippen LogP contribution in [0.3, 0.4) is 0 Å². The molecule has 1 aromatic rings. The van der Waals surface area contributed by atoms with Crippen LogP contribution in [0.5, 0.6) is 0 Å². The molecule has 0 aliphatic heterocycles. The standard InChI is InChI=1S/C11H10Cl2OS/c1-8(14)15-6-2-3-9-4-5-10(12)7-11(9)13/h2-5,7H,6H2,1H3. The first-order valence-electron chi connectivity index (χ1n) is 4.34. The fraction of sp³-hybridized carbons (Fsp3) is 0.182. The normalized spacial score (nSPS) is 10.9. The van der Waals surface area contributed by atoms with Gasteiger partial charge >= 0.3 is 0 Å². The molecule has 0 bridgehead atoms. The molecule has 0 saturated carbocycles. The van der Waals surface area contributed by atoms with E-state index in [0.717, 1.165) is 5.56 Å². The molecule has 4 heteroatoms. The summed E-state index contributed by atoms with van der Waals surface area (Å²) in [4.78, 5) is 10.7. The highest BCUT2D eigenvalue weighted by Gasteiger charge is 1.97. The molecule has 1 aromatic carbocycles. The molecule has 0 unspecified atom stereocenters. The number of carbonyl (C=O) groups is 1. The van der Waals surface area contributed by atoms with Crippen LogP contribution in [0.2, 0.25) is 10.0 Å². The van der Waals surface area contributed by atoms with Crippen molar-refractivity contribution in [2.75, 3.05) is 5.75 Å². The summed E-state index contributed by atoms with van der Waals surface area (Å²) in [6, 6.07) is 5.33. The van der Waals surface area contributed by atoms with Crippen molar-refractivity contribution in [2.24, 2.45) is 0 Å². The number of carbonyl (C=O) groups excluding carboxylic acids is 1. The summed E-state index contributed by atoms with van der Waals surface area (Å²) < 4.78 is 0. The quantitative estimate of drug-likeness (QED) is 0.807. The van der Waals surface area contributed by atoms with E-state index in [1.807, 2.05) is 18.2 Å². The smallest absolute Gasteiger partial charge is 0.186 e. The molecule has 0 aromatic heterocycles. The minimum absolute atomic E-state index is 0.113. The highest BCUT2D eigenvalue weighted by atomic mass is 35.5. The lowest BCUT2D eigenvalue weighted by atomic mass is 10.2. The Morgan fingerprint density at radius 3 is 2.80 bits per heavy atom. The third kappa shape index (κ3) is 4.74. The molecule has 15 heavy (non-hydrogen) atoms. The summed E-state index contributed by atoms with van der Waals surface area (Å²) in [5.74, 6) is 0.661. The molecule has 1 nitrogen and oxygen atoms in total. The Labute approximate surface area is 103 Å². The van der Waals surface area contributed by atoms with Gasteiger partial charge in [0.05, 0.1) is 0 Å². The van der Waals surface area contributed by atoms with E-state index >= 15 is 0 Å². The molecule has 0 saturated heterocycles. The van der Waals surface area contributed by atoms with Gasteiger partial charge in [-0.1, -0.05) is 53.2 Å². The summed E-state index contributed by atoms with van der Waals surface area (Å²) in [5.41, 5.74) is 0.908. The Morgan fingerprint density at radius 1 is 1.47 bits per heavy atom. The summed E-state index contributed by atoms with van der Waals surface area (Å²) in [6.07, 6.45) is 3.79. The van der Waals surface area contributed by atoms with E-state index in [2.05, 4.69) is 0 Å². The van der Waals surface area contributed by atoms with Crippen LogP contribution in [0.25, 0.3) is 6.08 Å². The second kappa shape index (κ2) is 6.21. The summed E-state index contributed by atoms with van der Waals surface area (Å²) in [5, 5.41) is 1.35. The van der Waals surface area contributed by atoms with Crippen molar-refractivity contribution in [3.05, 3.63) is 39.9 Å². The third-order valence-electron chi connectivity index (χ3n) is 1.64. The minimum atomic E-state index is 0.113. The van der Waals surface area contributed by atoms with Crippen molar-refractivity contribution in [2.45, 2.75) is 6.92 Å². The van der Waals surface area contributed by atoms with Gasteiger partial charge in [0.2, 0.25) is 0 Å². The van der Waals surface area contributed by atoms with Crippen LogP contribution in [0.1, 0.15) is 12.5 Å². The van der Waals surface area contributed by atoms with Crippen LogP contribution >= 0.6 is 35.0 Å². The van der Waals surface area contributed by atoms with Gasteiger partial charge in [0.15, 0.2) is 5.12 Å². The van der Waals surface area contributed by atoms with E-state index in [4.69, 9.17) is 23.2 Å². The Balaban J connectivity index is 2.60. The average Bonchev–Trinajstić information content (AvgIpc) is 2.14. The monoisotopic (exact) mass is 260 g/mol. The zero-order valence-corrected chi connectivity index (χ0v) is 10.5. The molecule has 0 heterocycles. The van der Waals surface area contributed by atoms with E-state index in [1.54, 1.807) is 19.1 Å². The van der Waals surface area contributed by atoms with E-state index in [1.165, 1.54) is 11.8 Å². The minimum Gasteiger partial charge on any atom is -0.288 e. The maximum absolute atomic E-state index is 10.7. The topological polar surface area (TPSA) is 17.1 Å². The first-order valence-corrected chi connectivity index (χ1v) is 6.08. The largest absolute Gasteiger partial charge is 0.288 e. The van der Waals surface area contributed by atoms with Crippen molar-refractivity contribution in [3.63, 3.8) is 0 Å². The van der Waals surface area contributed by atoms with E-state index in [9.17, 15) is 4.79 Å². The third-order valence-corrected chi connectivity index (χ3v) is 2.97. The van der Waals surface area contributed by atoms with Gasteiger partial charge in [0.25, 0.3) is 0 Å². The molecule has 0 amide bonds. The van der Waals surface area contributed by atoms with Crippen LogP contribution in [0.4, 0.5) is 0 Å². The Bertz CT molecular complexity index is 388. The Hall–Kier alpha value is -0.440. The predicted octanol–water partition coefficient (Wildman–Crippen LogP) is 4.29. The summed E-state index contributed by atoms with van der Waals surface area (Å²) >= 11 is 13.0. The molecule has 0 aliphatic rings. The van der Waals surface area contributed by atoms with Gasteiger partial charge in [0.1, 0.15) is 0 Å². The number of halogens is 2. The first kappa shape index (κ1) is 12.6. The molecular weight excluding hydrogens is 251 g/mol. The number of benzene rings is 1. The number of thioether (sulfide) groups is 1. The number of hydrogen-bond donors (Lipinski definition) is 0. The molecular formula is C11H10Cl2OS. The van der Waals surface area contributed by atoms with Crippen LogP contribution in [0.15, 0.2) is 24.3 Å². The zero-order chi connectivity index (χ0) is 11.3. The van der Waals surface area contributed by atoms with Gasteiger partial charge in [-0.2, -0.15) is 0 Å². The summed E-state index contributed by atoms with van der Waals surface area (Å²) in [6.45, 7) is 1.55. The highest BCUT2D eigenvalue weighted by Crippen LogP contribution is 2.22. The highest BCUT2D eigenvalue weighted by molar-refractivity contribution is 8.13. The fourth-order valence-electron chi connectivity index (χ4n) is 0.977. The van der Waals surface area contributed by atoms with Crippen LogP contribution < -0.4 is 0 Å². The molecule has 0 N–H and O–H groups in total. The molecule has 0 spiro atoms. The molecule has 1 rings (SSSR count). The fourth-order valence-corrected chi connectivity index (χ4v) is 1.88. The molecule has 0 fully saturated rings. The van der Waals surface area contributed by atoms with Crippen LogP contribution in [-0.4, -0.2) is 10.9 Å². The second-order valence-corrected chi connectivity index (χ2v) is 4.91. The Morgan fingerprint density at radius 2 is 2.20 bits per heavy atom. The lowest BCUT2D eigenvalue weighted by Crippen LogP contribution is -1.82. The van der Waals surface area contributed by atoms with Gasteiger partial charge < -0.3 is 0 Å². The van der Waals surface area contributed by atoms with Crippen molar-refractivity contribution < 1.29 is 4.79 Å². The summed E-state index contributed by atoms with van der Waals surface area (Å²) in [7, 11) is 0. The van der Waals surface area contributed by atoms with E-state index in [0.29, 0.717) is 15.8 Å². The van der Waals surface area contributed by atoms with Gasteiger partial charge in [-0.15, -0.1) is 0 Å². The molecule has 0 atom stereocenters. The Kier molecular flexibility index (Phi) is 5.23. The second-order valence-electron chi connectivity index (χ2n) is 2.87. The van der Waals surface area contributed by atoms with E-state index < -0.39 is 0 Å². The van der Waals surface area contributed by atoms with Gasteiger partial charge in [-0.05, 0) is 17.7 Å². The van der Waals surface area contributed by atoms with Crippen molar-refractivity contribution in [1.29, 1.82) is 0 Å². The SMILES string of the molecule is CC(=O)SCC=Cc1ccc(Cl)cc1Cl. The molecule has 80 valence electrons. The molecule has 0 aliphatic carbocycles. The van der Waals surface area contributed by atoms with Gasteiger partial charge in [0, 0.05) is 22.7 Å². The van der Waals surface area contributed by atoms with Crippen LogP contribution in [0, 0.1) is 0 Å². The lowest BCUT2D eigenvalue weighted by molar-refractivity contribution is -0.109. The van der Waals surface area contributed by atoms with Gasteiger partial charge in [-0.3, -0.25) is 4.79 Å². The lowest BCUT2D eigenvalue weighted by Gasteiger charge is -1.98.